The topological polar surface area (TPSA) is 49.4 Å². The summed E-state index contributed by atoms with van der Waals surface area (Å²) in [6.07, 6.45) is 2.52. The standard InChI is InChI=1S/C16H22N2O2/c1-11-8-12(2)10-15(9-11)18(13(3)19)7-6-16(20)17-14-4-5-14/h8-10,14H,4-7H2,1-3H3,(H,17,20). The number of carbonyl (C=O) groups excluding carboxylic acids is 2. The minimum absolute atomic E-state index is 0.0307. The number of nitrogens with zero attached hydrogens (tertiary/aromatic N) is 1. The fourth-order valence-electron chi connectivity index (χ4n) is 2.32. The van der Waals surface area contributed by atoms with Crippen LogP contribution < -0.4 is 10.2 Å². The second-order valence-corrected chi connectivity index (χ2v) is 5.61. The lowest BCUT2D eigenvalue weighted by Crippen LogP contribution is -2.34. The van der Waals surface area contributed by atoms with Crippen molar-refractivity contribution >= 4 is 17.5 Å². The SMILES string of the molecule is CC(=O)N(CCC(=O)NC1CC1)c1cc(C)cc(C)c1. The van der Waals surface area contributed by atoms with Crippen LogP contribution in [-0.2, 0) is 9.59 Å². The lowest BCUT2D eigenvalue weighted by Gasteiger charge is -2.22. The Hall–Kier alpha value is -1.84. The Morgan fingerprint density at radius 3 is 2.30 bits per heavy atom. The van der Waals surface area contributed by atoms with Crippen LogP contribution in [0.15, 0.2) is 18.2 Å². The summed E-state index contributed by atoms with van der Waals surface area (Å²) in [6, 6.07) is 6.40. The number of carbonyl (C=O) groups is 2. The fourth-order valence-corrected chi connectivity index (χ4v) is 2.32. The molecule has 20 heavy (non-hydrogen) atoms. The van der Waals surface area contributed by atoms with E-state index in [1.165, 1.54) is 6.92 Å². The summed E-state index contributed by atoms with van der Waals surface area (Å²) in [7, 11) is 0. The summed E-state index contributed by atoms with van der Waals surface area (Å²) >= 11 is 0. The molecule has 0 bridgehead atoms. The van der Waals surface area contributed by atoms with Gasteiger partial charge in [0.05, 0.1) is 0 Å². The minimum atomic E-state index is -0.0331. The van der Waals surface area contributed by atoms with E-state index in [1.54, 1.807) is 4.90 Å². The molecule has 1 fully saturated rings. The lowest BCUT2D eigenvalue weighted by atomic mass is 10.1. The average Bonchev–Trinajstić information content (AvgIpc) is 3.11. The molecule has 1 saturated carbocycles. The smallest absolute Gasteiger partial charge is 0.223 e. The monoisotopic (exact) mass is 274 g/mol. The van der Waals surface area contributed by atoms with E-state index in [0.717, 1.165) is 29.7 Å². The van der Waals surface area contributed by atoms with Gasteiger partial charge in [0.2, 0.25) is 11.8 Å². The maximum absolute atomic E-state index is 11.8. The van der Waals surface area contributed by atoms with Crippen LogP contribution in [0.3, 0.4) is 0 Å². The first-order valence-corrected chi connectivity index (χ1v) is 7.11. The first-order valence-electron chi connectivity index (χ1n) is 7.11. The Labute approximate surface area is 120 Å². The van der Waals surface area contributed by atoms with Crippen molar-refractivity contribution < 1.29 is 9.59 Å². The number of anilines is 1. The molecule has 0 atom stereocenters. The van der Waals surface area contributed by atoms with Crippen LogP contribution in [0.1, 0.15) is 37.3 Å². The van der Waals surface area contributed by atoms with Crippen LogP contribution in [-0.4, -0.2) is 24.4 Å². The number of hydrogen-bond acceptors (Lipinski definition) is 2. The van der Waals surface area contributed by atoms with Crippen LogP contribution >= 0.6 is 0 Å². The van der Waals surface area contributed by atoms with Gasteiger partial charge in [-0.25, -0.2) is 0 Å². The van der Waals surface area contributed by atoms with Crippen LogP contribution in [0.5, 0.6) is 0 Å². The van der Waals surface area contributed by atoms with E-state index in [4.69, 9.17) is 0 Å². The van der Waals surface area contributed by atoms with Crippen LogP contribution in [0.4, 0.5) is 5.69 Å². The molecule has 0 radical (unpaired) electrons. The number of amides is 2. The quantitative estimate of drug-likeness (QED) is 0.896. The Morgan fingerprint density at radius 2 is 1.80 bits per heavy atom. The summed E-state index contributed by atoms with van der Waals surface area (Å²) < 4.78 is 0. The predicted molar refractivity (Wildman–Crippen MR) is 79.7 cm³/mol. The van der Waals surface area contributed by atoms with E-state index in [2.05, 4.69) is 11.4 Å². The van der Waals surface area contributed by atoms with E-state index in [-0.39, 0.29) is 11.8 Å². The van der Waals surface area contributed by atoms with Gasteiger partial charge in [-0.15, -0.1) is 0 Å². The lowest BCUT2D eigenvalue weighted by molar-refractivity contribution is -0.121. The van der Waals surface area contributed by atoms with Gasteiger partial charge in [-0.3, -0.25) is 9.59 Å². The highest BCUT2D eigenvalue weighted by Crippen LogP contribution is 2.20. The fraction of sp³-hybridized carbons (Fsp3) is 0.500. The van der Waals surface area contributed by atoms with Crippen molar-refractivity contribution in [3.63, 3.8) is 0 Å². The molecule has 0 saturated heterocycles. The van der Waals surface area contributed by atoms with E-state index in [0.29, 0.717) is 19.0 Å². The summed E-state index contributed by atoms with van der Waals surface area (Å²) in [5.74, 6) is -0.00246. The first-order chi connectivity index (χ1) is 9.45. The van der Waals surface area contributed by atoms with E-state index < -0.39 is 0 Å². The summed E-state index contributed by atoms with van der Waals surface area (Å²) in [6.45, 7) is 5.98. The van der Waals surface area contributed by atoms with Gasteiger partial charge in [-0.05, 0) is 49.9 Å². The highest BCUT2D eigenvalue weighted by atomic mass is 16.2. The average molecular weight is 274 g/mol. The molecule has 0 spiro atoms. The van der Waals surface area contributed by atoms with Crippen LogP contribution in [0.25, 0.3) is 0 Å². The van der Waals surface area contributed by atoms with E-state index in [1.807, 2.05) is 26.0 Å². The van der Waals surface area contributed by atoms with Crippen molar-refractivity contribution in [1.82, 2.24) is 5.32 Å². The zero-order valence-corrected chi connectivity index (χ0v) is 12.4. The molecule has 0 heterocycles. The summed E-state index contributed by atoms with van der Waals surface area (Å²) in [4.78, 5) is 25.2. The van der Waals surface area contributed by atoms with Gasteiger partial charge in [0.1, 0.15) is 0 Å². The van der Waals surface area contributed by atoms with Gasteiger partial charge in [0, 0.05) is 31.6 Å². The number of aryl methyl sites for hydroxylation is 2. The minimum Gasteiger partial charge on any atom is -0.353 e. The normalized spacial score (nSPS) is 13.9. The van der Waals surface area contributed by atoms with Gasteiger partial charge >= 0.3 is 0 Å². The third-order valence-electron chi connectivity index (χ3n) is 3.40. The van der Waals surface area contributed by atoms with Crippen LogP contribution in [0, 0.1) is 13.8 Å². The molecule has 1 aromatic carbocycles. The predicted octanol–water partition coefficient (Wildman–Crippen LogP) is 2.33. The molecule has 4 nitrogen and oxygen atoms in total. The Balaban J connectivity index is 2.02. The van der Waals surface area contributed by atoms with Crippen molar-refractivity contribution in [2.75, 3.05) is 11.4 Å². The first kappa shape index (κ1) is 14.6. The van der Waals surface area contributed by atoms with Crippen molar-refractivity contribution in [2.45, 2.75) is 46.1 Å². The molecule has 1 aromatic rings. The molecule has 2 amide bonds. The molecule has 0 unspecified atom stereocenters. The number of rotatable bonds is 5. The number of benzene rings is 1. The van der Waals surface area contributed by atoms with Crippen molar-refractivity contribution in [3.05, 3.63) is 29.3 Å². The van der Waals surface area contributed by atoms with Crippen molar-refractivity contribution in [3.8, 4) is 0 Å². The molecule has 1 aliphatic rings. The van der Waals surface area contributed by atoms with Gasteiger partial charge in [-0.1, -0.05) is 6.07 Å². The number of hydrogen-bond donors (Lipinski definition) is 1. The zero-order valence-electron chi connectivity index (χ0n) is 12.4. The van der Waals surface area contributed by atoms with Crippen LogP contribution in [0.2, 0.25) is 0 Å². The van der Waals surface area contributed by atoms with Crippen molar-refractivity contribution in [2.24, 2.45) is 0 Å². The second kappa shape index (κ2) is 6.07. The number of nitrogens with one attached hydrogen (secondary N) is 1. The van der Waals surface area contributed by atoms with E-state index in [9.17, 15) is 9.59 Å². The molecular weight excluding hydrogens is 252 g/mol. The molecule has 0 aliphatic heterocycles. The van der Waals surface area contributed by atoms with Gasteiger partial charge in [0.15, 0.2) is 0 Å². The molecule has 0 aromatic heterocycles. The molecule has 2 rings (SSSR count). The largest absolute Gasteiger partial charge is 0.353 e. The molecular formula is C16H22N2O2. The Kier molecular flexibility index (Phi) is 4.42. The van der Waals surface area contributed by atoms with Gasteiger partial charge < -0.3 is 10.2 Å². The maximum Gasteiger partial charge on any atom is 0.223 e. The summed E-state index contributed by atoms with van der Waals surface area (Å²) in [5, 5.41) is 2.95. The third-order valence-corrected chi connectivity index (χ3v) is 3.40. The van der Waals surface area contributed by atoms with E-state index >= 15 is 0 Å². The second-order valence-electron chi connectivity index (χ2n) is 5.61. The molecule has 108 valence electrons. The molecule has 1 N–H and O–H groups in total. The third kappa shape index (κ3) is 4.08. The van der Waals surface area contributed by atoms with Gasteiger partial charge in [-0.2, -0.15) is 0 Å². The maximum atomic E-state index is 11.8. The molecule has 4 heteroatoms. The zero-order chi connectivity index (χ0) is 14.7. The van der Waals surface area contributed by atoms with Gasteiger partial charge in [0.25, 0.3) is 0 Å². The highest BCUT2D eigenvalue weighted by molar-refractivity contribution is 5.92. The van der Waals surface area contributed by atoms with Crippen molar-refractivity contribution in [1.29, 1.82) is 0 Å². The summed E-state index contributed by atoms with van der Waals surface area (Å²) in [5.41, 5.74) is 3.11. The Bertz CT molecular complexity index is 501. The molecule has 1 aliphatic carbocycles. The highest BCUT2D eigenvalue weighted by Gasteiger charge is 2.23. The Morgan fingerprint density at radius 1 is 1.20 bits per heavy atom.